The fourth-order valence-electron chi connectivity index (χ4n) is 6.05. The Hall–Kier alpha value is -3.98. The predicted octanol–water partition coefficient (Wildman–Crippen LogP) is 4.51. The number of hydrogen-bond donors (Lipinski definition) is 0. The van der Waals surface area contributed by atoms with Crippen LogP contribution in [0.15, 0.2) is 41.2 Å². The Bertz CT molecular complexity index is 1590. The molecule has 228 valence electrons. The van der Waals surface area contributed by atoms with Crippen LogP contribution in [0.2, 0.25) is 0 Å². The number of halogens is 3. The molecule has 0 bridgehead atoms. The summed E-state index contributed by atoms with van der Waals surface area (Å²) in [6, 6.07) is 9.08. The first kappa shape index (κ1) is 30.5. The number of pyridine rings is 1. The van der Waals surface area contributed by atoms with Crippen LogP contribution in [0.5, 0.6) is 0 Å². The maximum absolute atomic E-state index is 14.1. The lowest BCUT2D eigenvalue weighted by Crippen LogP contribution is -2.61. The van der Waals surface area contributed by atoms with Crippen molar-refractivity contribution in [1.82, 2.24) is 24.3 Å². The molecule has 0 radical (unpaired) electrons. The summed E-state index contributed by atoms with van der Waals surface area (Å²) < 4.78 is 41.6. The summed E-state index contributed by atoms with van der Waals surface area (Å²) in [6.07, 6.45) is -1.06. The van der Waals surface area contributed by atoms with Crippen LogP contribution in [0.1, 0.15) is 62.4 Å². The summed E-state index contributed by atoms with van der Waals surface area (Å²) in [5, 5.41) is 9.50. The lowest BCUT2D eigenvalue weighted by molar-refractivity contribution is -0.138. The maximum Gasteiger partial charge on any atom is 0.416 e. The van der Waals surface area contributed by atoms with Crippen molar-refractivity contribution in [3.8, 4) is 6.07 Å². The fourth-order valence-corrected chi connectivity index (χ4v) is 6.05. The third-order valence-corrected chi connectivity index (χ3v) is 8.73. The van der Waals surface area contributed by atoms with Crippen molar-refractivity contribution in [2.75, 3.05) is 31.6 Å². The molecular weight excluding hydrogens is 559 g/mol. The molecule has 1 saturated heterocycles. The van der Waals surface area contributed by atoms with Gasteiger partial charge in [-0.05, 0) is 61.4 Å². The van der Waals surface area contributed by atoms with Gasteiger partial charge in [0.25, 0.3) is 0 Å². The van der Waals surface area contributed by atoms with Gasteiger partial charge in [-0.25, -0.2) is 9.78 Å². The first-order chi connectivity index (χ1) is 20.5. The van der Waals surface area contributed by atoms with E-state index in [1.54, 1.807) is 31.1 Å². The van der Waals surface area contributed by atoms with Gasteiger partial charge in [-0.2, -0.15) is 23.4 Å². The molecule has 3 heterocycles. The topological polar surface area (TPSA) is 98.4 Å². The van der Waals surface area contributed by atoms with E-state index in [2.05, 4.69) is 20.9 Å². The van der Waals surface area contributed by atoms with Crippen molar-refractivity contribution in [2.45, 2.75) is 63.8 Å². The molecule has 0 spiro atoms. The molecule has 0 N–H and O–H groups in total. The lowest BCUT2D eigenvalue weighted by Gasteiger charge is -2.49. The number of aryl methyl sites for hydroxylation is 1. The van der Waals surface area contributed by atoms with Crippen LogP contribution in [0.3, 0.4) is 0 Å². The Kier molecular flexibility index (Phi) is 8.47. The average molecular weight is 596 g/mol. The maximum atomic E-state index is 14.1. The fraction of sp³-hybridized carbons (Fsp3) is 0.516. The van der Waals surface area contributed by atoms with E-state index in [4.69, 9.17) is 0 Å². The molecule has 5 rings (SSSR count). The average Bonchev–Trinajstić information content (AvgIpc) is 3.82. The third-order valence-electron chi connectivity index (χ3n) is 8.73. The lowest BCUT2D eigenvalue weighted by atomic mass is 9.94. The molecule has 1 aromatic carbocycles. The molecule has 2 fully saturated rings. The summed E-state index contributed by atoms with van der Waals surface area (Å²) in [4.78, 5) is 41.7. The van der Waals surface area contributed by atoms with Gasteiger partial charge in [-0.15, -0.1) is 0 Å². The second kappa shape index (κ2) is 12.0. The molecule has 2 aliphatic rings. The molecule has 1 unspecified atom stereocenters. The molecule has 3 aromatic rings. The van der Waals surface area contributed by atoms with Gasteiger partial charge in [0.2, 0.25) is 5.91 Å². The van der Waals surface area contributed by atoms with Crippen LogP contribution in [0.4, 0.5) is 19.0 Å². The number of likely N-dealkylation sites (N-methyl/N-ethyl adjacent to an activating group) is 1. The van der Waals surface area contributed by atoms with E-state index in [1.165, 1.54) is 16.7 Å². The molecule has 2 aromatic heterocycles. The first-order valence-electron chi connectivity index (χ1n) is 14.7. The van der Waals surface area contributed by atoms with E-state index in [0.717, 1.165) is 25.0 Å². The number of amides is 1. The van der Waals surface area contributed by atoms with Gasteiger partial charge in [0.05, 0.1) is 11.1 Å². The van der Waals surface area contributed by atoms with Crippen LogP contribution >= 0.6 is 0 Å². The van der Waals surface area contributed by atoms with E-state index < -0.39 is 23.5 Å². The molecule has 1 aliphatic carbocycles. The molecule has 43 heavy (non-hydrogen) atoms. The van der Waals surface area contributed by atoms with Gasteiger partial charge >= 0.3 is 11.9 Å². The number of carbonyl (C=O) groups is 1. The predicted molar refractivity (Wildman–Crippen MR) is 156 cm³/mol. The van der Waals surface area contributed by atoms with Crippen molar-refractivity contribution >= 4 is 22.8 Å². The molecule has 9 nitrogen and oxygen atoms in total. The summed E-state index contributed by atoms with van der Waals surface area (Å²) in [6.45, 7) is 5.46. The summed E-state index contributed by atoms with van der Waals surface area (Å²) in [5.74, 6) is 0.699. The Morgan fingerprint density at radius 3 is 2.33 bits per heavy atom. The van der Waals surface area contributed by atoms with Crippen molar-refractivity contribution in [3.63, 3.8) is 0 Å². The Balaban J connectivity index is 1.56. The number of carbonyl (C=O) groups excluding carboxylic acids is 1. The van der Waals surface area contributed by atoms with Crippen molar-refractivity contribution in [3.05, 3.63) is 63.7 Å². The molecule has 1 aliphatic heterocycles. The van der Waals surface area contributed by atoms with Gasteiger partial charge in [0, 0.05) is 45.8 Å². The summed E-state index contributed by atoms with van der Waals surface area (Å²) in [7, 11) is 3.37. The van der Waals surface area contributed by atoms with Crippen LogP contribution in [0, 0.1) is 17.2 Å². The van der Waals surface area contributed by atoms with E-state index in [0.29, 0.717) is 60.8 Å². The molecule has 12 heteroatoms. The minimum absolute atomic E-state index is 0.147. The second-order valence-electron chi connectivity index (χ2n) is 11.6. The van der Waals surface area contributed by atoms with Crippen LogP contribution in [0.25, 0.3) is 11.0 Å². The quantitative estimate of drug-likeness (QED) is 0.378. The standard InChI is InChI=1S/C31H36F3N7O2/c1-5-23-18-41(28-26-25(39(4)30(43)37-28)14-13-22(15-35)36-26)24(6-2)17-40(23)27(29(42)38(3)16-19-7-8-19)20-9-11-21(12-10-20)31(32,33)34/h9-14,19,23-24,27H,5-8,16-18H2,1-4H3/t23-,24+,27?/m1/s1. The number of anilines is 1. The van der Waals surface area contributed by atoms with Crippen LogP contribution in [-0.4, -0.2) is 69.0 Å². The number of fused-ring (bicyclic) bond motifs is 1. The van der Waals surface area contributed by atoms with E-state index in [-0.39, 0.29) is 23.7 Å². The molecule has 3 atom stereocenters. The number of rotatable bonds is 8. The number of nitriles is 1. The zero-order chi connectivity index (χ0) is 31.1. The number of benzene rings is 1. The minimum atomic E-state index is -4.48. The number of aromatic nitrogens is 3. The normalized spacial score (nSPS) is 20.2. The van der Waals surface area contributed by atoms with Gasteiger partial charge in [0.1, 0.15) is 23.3 Å². The largest absolute Gasteiger partial charge is 0.416 e. The number of piperazine rings is 1. The minimum Gasteiger partial charge on any atom is -0.349 e. The second-order valence-corrected chi connectivity index (χ2v) is 11.6. The highest BCUT2D eigenvalue weighted by Crippen LogP contribution is 2.37. The van der Waals surface area contributed by atoms with Crippen molar-refractivity contribution < 1.29 is 18.0 Å². The van der Waals surface area contributed by atoms with Gasteiger partial charge in [-0.1, -0.05) is 26.0 Å². The van der Waals surface area contributed by atoms with E-state index in [1.807, 2.05) is 18.7 Å². The highest BCUT2D eigenvalue weighted by molar-refractivity contribution is 5.87. The van der Waals surface area contributed by atoms with E-state index in [9.17, 15) is 28.0 Å². The Morgan fingerprint density at radius 2 is 1.74 bits per heavy atom. The SMILES string of the molecule is CC[C@H]1CN(C(C(=O)N(C)CC2CC2)c2ccc(C(F)(F)F)cc2)[C@H](CC)CN1c1nc(=O)n(C)c2ccc(C#N)nc12. The Labute approximate surface area is 248 Å². The van der Waals surface area contributed by atoms with Crippen LogP contribution in [-0.2, 0) is 18.0 Å². The van der Waals surface area contributed by atoms with Crippen molar-refractivity contribution in [1.29, 1.82) is 5.26 Å². The van der Waals surface area contributed by atoms with Gasteiger partial charge in [-0.3, -0.25) is 14.3 Å². The molecule has 1 amide bonds. The molecule has 1 saturated carbocycles. The number of hydrogen-bond acceptors (Lipinski definition) is 7. The number of alkyl halides is 3. The van der Waals surface area contributed by atoms with E-state index >= 15 is 0 Å². The highest BCUT2D eigenvalue weighted by atomic mass is 19.4. The zero-order valence-electron chi connectivity index (χ0n) is 24.8. The first-order valence-corrected chi connectivity index (χ1v) is 14.7. The number of nitrogens with zero attached hydrogens (tertiary/aromatic N) is 7. The highest BCUT2D eigenvalue weighted by Gasteiger charge is 2.42. The molecular formula is C31H36F3N7O2. The Morgan fingerprint density at radius 1 is 1.07 bits per heavy atom. The summed E-state index contributed by atoms with van der Waals surface area (Å²) in [5.41, 5.74) is 0.518. The monoisotopic (exact) mass is 595 g/mol. The summed E-state index contributed by atoms with van der Waals surface area (Å²) >= 11 is 0. The van der Waals surface area contributed by atoms with Gasteiger partial charge in [0.15, 0.2) is 5.82 Å². The zero-order valence-corrected chi connectivity index (χ0v) is 24.8. The van der Waals surface area contributed by atoms with Gasteiger partial charge < -0.3 is 9.80 Å². The smallest absolute Gasteiger partial charge is 0.349 e. The van der Waals surface area contributed by atoms with Crippen molar-refractivity contribution in [2.24, 2.45) is 13.0 Å². The third kappa shape index (κ3) is 6.09. The van der Waals surface area contributed by atoms with Crippen LogP contribution < -0.4 is 10.6 Å².